The maximum absolute atomic E-state index is 4.54. The van der Waals surface area contributed by atoms with Crippen LogP contribution in [0.1, 0.15) is 43.8 Å². The van der Waals surface area contributed by atoms with Gasteiger partial charge in [-0.3, -0.25) is 0 Å². The van der Waals surface area contributed by atoms with Crippen molar-refractivity contribution in [3.8, 4) is 0 Å². The maximum Gasteiger partial charge on any atom is 0.243 e. The molecule has 1 aromatic heterocycles. The molecule has 1 heterocycles. The Hall–Kier alpha value is -1.97. The molecule has 0 aliphatic heterocycles. The van der Waals surface area contributed by atoms with Crippen molar-refractivity contribution < 1.29 is 0 Å². The highest BCUT2D eigenvalue weighted by atomic mass is 15.2. The van der Waals surface area contributed by atoms with Crippen LogP contribution < -0.4 is 5.32 Å². The van der Waals surface area contributed by atoms with E-state index in [0.717, 1.165) is 24.2 Å². The predicted octanol–water partition coefficient (Wildman–Crippen LogP) is 3.17. The van der Waals surface area contributed by atoms with E-state index in [1.807, 2.05) is 18.2 Å². The Balaban J connectivity index is 2.15. The smallest absolute Gasteiger partial charge is 0.243 e. The van der Waals surface area contributed by atoms with Crippen LogP contribution in [-0.2, 0) is 12.8 Å². The van der Waals surface area contributed by atoms with Crippen LogP contribution in [0.5, 0.6) is 0 Å². The number of aryl methyl sites for hydroxylation is 2. The van der Waals surface area contributed by atoms with Gasteiger partial charge in [0, 0.05) is 0 Å². The lowest BCUT2D eigenvalue weighted by atomic mass is 10.1. The average Bonchev–Trinajstić information content (AvgIpc) is 2.48. The molecule has 0 fully saturated rings. The van der Waals surface area contributed by atoms with Gasteiger partial charge in [0.1, 0.15) is 0 Å². The number of hydrogen-bond acceptors (Lipinski definition) is 4. The SMILES string of the molecule is CCc1nnc(N[C@H](C)c2ccccc2)nc1CC. The summed E-state index contributed by atoms with van der Waals surface area (Å²) in [5.74, 6) is 0.602. The third kappa shape index (κ3) is 3.28. The minimum absolute atomic E-state index is 0.167. The van der Waals surface area contributed by atoms with Crippen LogP contribution >= 0.6 is 0 Å². The molecule has 0 aliphatic carbocycles. The van der Waals surface area contributed by atoms with E-state index in [9.17, 15) is 0 Å². The summed E-state index contributed by atoms with van der Waals surface area (Å²) in [6.45, 7) is 6.26. The van der Waals surface area contributed by atoms with Crippen LogP contribution in [0.4, 0.5) is 5.95 Å². The molecule has 2 rings (SSSR count). The monoisotopic (exact) mass is 256 g/mol. The summed E-state index contributed by atoms with van der Waals surface area (Å²) >= 11 is 0. The zero-order valence-electron chi connectivity index (χ0n) is 11.7. The van der Waals surface area contributed by atoms with Gasteiger partial charge < -0.3 is 5.32 Å². The molecule has 0 spiro atoms. The number of rotatable bonds is 5. The van der Waals surface area contributed by atoms with Crippen LogP contribution in [-0.4, -0.2) is 15.2 Å². The lowest BCUT2D eigenvalue weighted by Gasteiger charge is -2.14. The molecule has 0 unspecified atom stereocenters. The number of hydrogen-bond donors (Lipinski definition) is 1. The molecular formula is C15H20N4. The van der Waals surface area contributed by atoms with Gasteiger partial charge in [-0.15, -0.1) is 5.10 Å². The van der Waals surface area contributed by atoms with Gasteiger partial charge in [0.2, 0.25) is 5.95 Å². The highest BCUT2D eigenvalue weighted by molar-refractivity contribution is 5.31. The van der Waals surface area contributed by atoms with E-state index < -0.39 is 0 Å². The third-order valence-corrected chi connectivity index (χ3v) is 3.15. The molecule has 4 heteroatoms. The van der Waals surface area contributed by atoms with Crippen molar-refractivity contribution in [2.45, 2.75) is 39.7 Å². The zero-order valence-corrected chi connectivity index (χ0v) is 11.7. The van der Waals surface area contributed by atoms with Gasteiger partial charge in [-0.05, 0) is 25.3 Å². The predicted molar refractivity (Wildman–Crippen MR) is 77.1 cm³/mol. The van der Waals surface area contributed by atoms with Crippen molar-refractivity contribution in [1.82, 2.24) is 15.2 Å². The van der Waals surface area contributed by atoms with E-state index in [4.69, 9.17) is 0 Å². The van der Waals surface area contributed by atoms with Gasteiger partial charge in [0.05, 0.1) is 17.4 Å². The fourth-order valence-corrected chi connectivity index (χ4v) is 2.02. The molecule has 1 atom stereocenters. The summed E-state index contributed by atoms with van der Waals surface area (Å²) in [5.41, 5.74) is 3.23. The van der Waals surface area contributed by atoms with Gasteiger partial charge in [0.25, 0.3) is 0 Å². The zero-order chi connectivity index (χ0) is 13.7. The summed E-state index contributed by atoms with van der Waals surface area (Å²) in [4.78, 5) is 4.54. The second-order valence-electron chi connectivity index (χ2n) is 4.51. The molecule has 19 heavy (non-hydrogen) atoms. The Labute approximate surface area is 114 Å². The fourth-order valence-electron chi connectivity index (χ4n) is 2.02. The van der Waals surface area contributed by atoms with Crippen molar-refractivity contribution in [3.63, 3.8) is 0 Å². The summed E-state index contributed by atoms with van der Waals surface area (Å²) in [5, 5.41) is 11.7. The van der Waals surface area contributed by atoms with Crippen molar-refractivity contribution in [2.24, 2.45) is 0 Å². The number of nitrogens with one attached hydrogen (secondary N) is 1. The molecule has 4 nitrogen and oxygen atoms in total. The van der Waals surface area contributed by atoms with Crippen LogP contribution in [0.25, 0.3) is 0 Å². The van der Waals surface area contributed by atoms with Crippen LogP contribution in [0.15, 0.2) is 30.3 Å². The average molecular weight is 256 g/mol. The molecule has 0 saturated carbocycles. The molecule has 0 saturated heterocycles. The summed E-state index contributed by atoms with van der Waals surface area (Å²) in [6.07, 6.45) is 1.75. The second kappa shape index (κ2) is 6.27. The summed E-state index contributed by atoms with van der Waals surface area (Å²) in [6, 6.07) is 10.4. The van der Waals surface area contributed by atoms with Crippen LogP contribution in [0.2, 0.25) is 0 Å². The van der Waals surface area contributed by atoms with E-state index in [1.165, 1.54) is 5.56 Å². The minimum atomic E-state index is 0.167. The first kappa shape index (κ1) is 13.5. The first-order valence-electron chi connectivity index (χ1n) is 6.78. The van der Waals surface area contributed by atoms with Crippen molar-refractivity contribution in [3.05, 3.63) is 47.3 Å². The maximum atomic E-state index is 4.54. The van der Waals surface area contributed by atoms with Crippen molar-refractivity contribution in [1.29, 1.82) is 0 Å². The molecule has 0 radical (unpaired) electrons. The topological polar surface area (TPSA) is 50.7 Å². The Morgan fingerprint density at radius 1 is 1.00 bits per heavy atom. The molecule has 1 N–H and O–H groups in total. The van der Waals surface area contributed by atoms with E-state index in [0.29, 0.717) is 5.95 Å². The highest BCUT2D eigenvalue weighted by Gasteiger charge is 2.09. The third-order valence-electron chi connectivity index (χ3n) is 3.15. The van der Waals surface area contributed by atoms with Crippen LogP contribution in [0, 0.1) is 0 Å². The van der Waals surface area contributed by atoms with Gasteiger partial charge in [0.15, 0.2) is 0 Å². The number of anilines is 1. The number of nitrogens with zero attached hydrogens (tertiary/aromatic N) is 3. The molecule has 2 aromatic rings. The Morgan fingerprint density at radius 2 is 1.68 bits per heavy atom. The van der Waals surface area contributed by atoms with E-state index in [2.05, 4.69) is 53.4 Å². The van der Waals surface area contributed by atoms with Gasteiger partial charge in [-0.25, -0.2) is 4.98 Å². The van der Waals surface area contributed by atoms with Gasteiger partial charge in [-0.2, -0.15) is 5.10 Å². The first-order chi connectivity index (χ1) is 9.24. The molecular weight excluding hydrogens is 236 g/mol. The summed E-state index contributed by atoms with van der Waals surface area (Å²) in [7, 11) is 0. The Bertz CT molecular complexity index is 525. The van der Waals surface area contributed by atoms with E-state index >= 15 is 0 Å². The van der Waals surface area contributed by atoms with E-state index in [-0.39, 0.29) is 6.04 Å². The Morgan fingerprint density at radius 3 is 2.32 bits per heavy atom. The van der Waals surface area contributed by atoms with Crippen molar-refractivity contribution in [2.75, 3.05) is 5.32 Å². The molecule has 0 amide bonds. The minimum Gasteiger partial charge on any atom is -0.346 e. The first-order valence-corrected chi connectivity index (χ1v) is 6.78. The standard InChI is InChI=1S/C15H20N4/c1-4-13-14(5-2)18-19-15(17-13)16-11(3)12-9-7-6-8-10-12/h6-11H,4-5H2,1-3H3,(H,16,17,19)/t11-/m1/s1. The molecule has 1 aromatic carbocycles. The number of aromatic nitrogens is 3. The lowest BCUT2D eigenvalue weighted by Crippen LogP contribution is -2.12. The number of benzene rings is 1. The quantitative estimate of drug-likeness (QED) is 0.892. The molecule has 100 valence electrons. The largest absolute Gasteiger partial charge is 0.346 e. The normalized spacial score (nSPS) is 12.2. The van der Waals surface area contributed by atoms with Crippen LogP contribution in [0.3, 0.4) is 0 Å². The van der Waals surface area contributed by atoms with E-state index in [1.54, 1.807) is 0 Å². The van der Waals surface area contributed by atoms with Crippen molar-refractivity contribution >= 4 is 5.95 Å². The van der Waals surface area contributed by atoms with Gasteiger partial charge in [-0.1, -0.05) is 44.2 Å². The fraction of sp³-hybridized carbons (Fsp3) is 0.400. The highest BCUT2D eigenvalue weighted by Crippen LogP contribution is 2.16. The molecule has 0 aliphatic rings. The molecule has 0 bridgehead atoms. The second-order valence-corrected chi connectivity index (χ2v) is 4.51. The lowest BCUT2D eigenvalue weighted by molar-refractivity contribution is 0.790. The summed E-state index contributed by atoms with van der Waals surface area (Å²) < 4.78 is 0. The Kier molecular flexibility index (Phi) is 4.44. The van der Waals surface area contributed by atoms with Gasteiger partial charge >= 0.3 is 0 Å².